The van der Waals surface area contributed by atoms with E-state index in [0.717, 1.165) is 12.8 Å². The maximum Gasteiger partial charge on any atom is 0.224 e. The van der Waals surface area contributed by atoms with E-state index in [1.807, 2.05) is 6.92 Å². The van der Waals surface area contributed by atoms with Gasteiger partial charge in [0.2, 0.25) is 5.91 Å². The van der Waals surface area contributed by atoms with Gasteiger partial charge in [0.15, 0.2) is 0 Å². The molecule has 0 rings (SSSR count). The van der Waals surface area contributed by atoms with Gasteiger partial charge in [-0.25, -0.2) is 0 Å². The molecule has 0 aliphatic rings. The van der Waals surface area contributed by atoms with Crippen LogP contribution in [0.15, 0.2) is 0 Å². The first-order valence-corrected chi connectivity index (χ1v) is 5.42. The molecule has 0 aromatic heterocycles. The number of carbonyl (C=O) groups is 1. The number of nitrogens with one attached hydrogen (secondary N) is 1. The Bertz CT molecular complexity index is 165. The van der Waals surface area contributed by atoms with Crippen molar-refractivity contribution in [1.82, 2.24) is 5.32 Å². The second-order valence-electron chi connectivity index (χ2n) is 3.35. The number of rotatable bonds is 9. The summed E-state index contributed by atoms with van der Waals surface area (Å²) in [5, 5.41) is 11.2. The first-order valence-electron chi connectivity index (χ1n) is 5.42. The van der Waals surface area contributed by atoms with Gasteiger partial charge < -0.3 is 20.9 Å². The molecule has 0 saturated carbocycles. The van der Waals surface area contributed by atoms with E-state index >= 15 is 0 Å². The molecule has 1 atom stereocenters. The van der Waals surface area contributed by atoms with Crippen LogP contribution in [0.25, 0.3) is 0 Å². The highest BCUT2D eigenvalue weighted by Crippen LogP contribution is 2.03. The molecule has 0 saturated heterocycles. The van der Waals surface area contributed by atoms with E-state index < -0.39 is 0 Å². The van der Waals surface area contributed by atoms with Crippen molar-refractivity contribution in [3.05, 3.63) is 0 Å². The minimum Gasteiger partial charge on any atom is -0.394 e. The molecule has 0 radical (unpaired) electrons. The summed E-state index contributed by atoms with van der Waals surface area (Å²) in [6, 6.07) is 0. The Kier molecular flexibility index (Phi) is 9.46. The van der Waals surface area contributed by atoms with Crippen LogP contribution < -0.4 is 11.1 Å². The average Bonchev–Trinajstić information content (AvgIpc) is 2.25. The van der Waals surface area contributed by atoms with E-state index in [4.69, 9.17) is 15.6 Å². The molecule has 4 N–H and O–H groups in total. The standard InChI is InChI=1S/C10H22N2O3/c1-2-3-9(8-11)10(14)12-4-6-15-7-5-13/h9,13H,2-8,11H2,1H3,(H,12,14). The molecule has 5 heteroatoms. The van der Waals surface area contributed by atoms with E-state index in [9.17, 15) is 4.79 Å². The summed E-state index contributed by atoms with van der Waals surface area (Å²) in [6.45, 7) is 3.63. The maximum atomic E-state index is 11.5. The number of amides is 1. The lowest BCUT2D eigenvalue weighted by Crippen LogP contribution is -2.36. The molecular formula is C10H22N2O3. The molecule has 0 heterocycles. The lowest BCUT2D eigenvalue weighted by atomic mass is 10.0. The number of nitrogens with two attached hydrogens (primary N) is 1. The molecule has 0 aromatic carbocycles. The summed E-state index contributed by atoms with van der Waals surface area (Å²) in [5.74, 6) is -0.0974. The highest BCUT2D eigenvalue weighted by molar-refractivity contribution is 5.78. The van der Waals surface area contributed by atoms with Crippen LogP contribution in [0.2, 0.25) is 0 Å². The Morgan fingerprint density at radius 1 is 1.53 bits per heavy atom. The van der Waals surface area contributed by atoms with E-state index in [2.05, 4.69) is 5.32 Å². The molecule has 0 aliphatic carbocycles. The zero-order valence-corrected chi connectivity index (χ0v) is 9.37. The van der Waals surface area contributed by atoms with Crippen LogP contribution in [0.3, 0.4) is 0 Å². The van der Waals surface area contributed by atoms with Crippen LogP contribution >= 0.6 is 0 Å². The molecule has 5 nitrogen and oxygen atoms in total. The lowest BCUT2D eigenvalue weighted by Gasteiger charge is -2.13. The number of carbonyl (C=O) groups excluding carboxylic acids is 1. The van der Waals surface area contributed by atoms with Gasteiger partial charge in [-0.2, -0.15) is 0 Å². The number of aliphatic hydroxyl groups is 1. The van der Waals surface area contributed by atoms with E-state index in [-0.39, 0.29) is 18.4 Å². The van der Waals surface area contributed by atoms with E-state index in [1.165, 1.54) is 0 Å². The molecule has 0 fully saturated rings. The minimum atomic E-state index is -0.0900. The van der Waals surface area contributed by atoms with Gasteiger partial charge >= 0.3 is 0 Å². The minimum absolute atomic E-state index is 0.00746. The Morgan fingerprint density at radius 3 is 2.80 bits per heavy atom. The fourth-order valence-electron chi connectivity index (χ4n) is 1.26. The fourth-order valence-corrected chi connectivity index (χ4v) is 1.26. The summed E-state index contributed by atoms with van der Waals surface area (Å²) in [6.07, 6.45) is 1.77. The molecule has 0 aromatic rings. The number of hydrogen-bond acceptors (Lipinski definition) is 4. The molecule has 15 heavy (non-hydrogen) atoms. The second kappa shape index (κ2) is 9.89. The van der Waals surface area contributed by atoms with Gasteiger partial charge in [0.05, 0.1) is 25.7 Å². The van der Waals surface area contributed by atoms with Crippen LogP contribution in [0.1, 0.15) is 19.8 Å². The third kappa shape index (κ3) is 7.30. The summed E-state index contributed by atoms with van der Waals surface area (Å²) in [5.41, 5.74) is 5.49. The summed E-state index contributed by atoms with van der Waals surface area (Å²) >= 11 is 0. The van der Waals surface area contributed by atoms with Crippen LogP contribution in [-0.2, 0) is 9.53 Å². The quantitative estimate of drug-likeness (QED) is 0.455. The Morgan fingerprint density at radius 2 is 2.27 bits per heavy atom. The van der Waals surface area contributed by atoms with Gasteiger partial charge in [0, 0.05) is 13.1 Å². The molecule has 1 amide bonds. The summed E-state index contributed by atoms with van der Waals surface area (Å²) < 4.78 is 5.01. The van der Waals surface area contributed by atoms with Crippen molar-refractivity contribution in [3.8, 4) is 0 Å². The van der Waals surface area contributed by atoms with Crippen molar-refractivity contribution in [2.45, 2.75) is 19.8 Å². The third-order valence-corrected chi connectivity index (χ3v) is 2.07. The SMILES string of the molecule is CCCC(CN)C(=O)NCCOCCO. The lowest BCUT2D eigenvalue weighted by molar-refractivity contribution is -0.125. The van der Waals surface area contributed by atoms with Crippen molar-refractivity contribution >= 4 is 5.91 Å². The highest BCUT2D eigenvalue weighted by Gasteiger charge is 2.14. The fraction of sp³-hybridized carbons (Fsp3) is 0.900. The first-order chi connectivity index (χ1) is 7.26. The Hall–Kier alpha value is -0.650. The highest BCUT2D eigenvalue weighted by atomic mass is 16.5. The smallest absolute Gasteiger partial charge is 0.224 e. The predicted octanol–water partition coefficient (Wildman–Crippen LogP) is -0.513. The molecular weight excluding hydrogens is 196 g/mol. The maximum absolute atomic E-state index is 11.5. The van der Waals surface area contributed by atoms with Crippen molar-refractivity contribution in [1.29, 1.82) is 0 Å². The molecule has 0 bridgehead atoms. The monoisotopic (exact) mass is 218 g/mol. The van der Waals surface area contributed by atoms with Crippen molar-refractivity contribution in [2.75, 3.05) is 32.9 Å². The molecule has 90 valence electrons. The zero-order valence-electron chi connectivity index (χ0n) is 9.37. The van der Waals surface area contributed by atoms with Crippen molar-refractivity contribution in [2.24, 2.45) is 11.7 Å². The van der Waals surface area contributed by atoms with Gasteiger partial charge in [-0.15, -0.1) is 0 Å². The average molecular weight is 218 g/mol. The zero-order chi connectivity index (χ0) is 11.5. The largest absolute Gasteiger partial charge is 0.394 e. The topological polar surface area (TPSA) is 84.6 Å². The van der Waals surface area contributed by atoms with E-state index in [0.29, 0.717) is 26.3 Å². The first kappa shape index (κ1) is 14.3. The number of ether oxygens (including phenoxy) is 1. The van der Waals surface area contributed by atoms with Crippen molar-refractivity contribution in [3.63, 3.8) is 0 Å². The second-order valence-corrected chi connectivity index (χ2v) is 3.35. The number of hydrogen-bond donors (Lipinski definition) is 3. The van der Waals surface area contributed by atoms with Gasteiger partial charge in [-0.3, -0.25) is 4.79 Å². The van der Waals surface area contributed by atoms with Gasteiger partial charge in [-0.1, -0.05) is 13.3 Å². The van der Waals surface area contributed by atoms with Gasteiger partial charge in [-0.05, 0) is 6.42 Å². The summed E-state index contributed by atoms with van der Waals surface area (Å²) in [4.78, 5) is 11.5. The van der Waals surface area contributed by atoms with Crippen molar-refractivity contribution < 1.29 is 14.6 Å². The third-order valence-electron chi connectivity index (χ3n) is 2.07. The van der Waals surface area contributed by atoms with Crippen LogP contribution in [0, 0.1) is 5.92 Å². The predicted molar refractivity (Wildman–Crippen MR) is 58.4 cm³/mol. The Labute approximate surface area is 91.0 Å². The van der Waals surface area contributed by atoms with Crippen LogP contribution in [-0.4, -0.2) is 43.9 Å². The molecule has 0 spiro atoms. The van der Waals surface area contributed by atoms with E-state index in [1.54, 1.807) is 0 Å². The van der Waals surface area contributed by atoms with Gasteiger partial charge in [0.1, 0.15) is 0 Å². The normalized spacial score (nSPS) is 12.5. The Balaban J connectivity index is 3.53. The summed E-state index contributed by atoms with van der Waals surface area (Å²) in [7, 11) is 0. The van der Waals surface area contributed by atoms with Crippen LogP contribution in [0.4, 0.5) is 0 Å². The van der Waals surface area contributed by atoms with Gasteiger partial charge in [0.25, 0.3) is 0 Å². The number of aliphatic hydroxyl groups excluding tert-OH is 1. The molecule has 0 aliphatic heterocycles. The van der Waals surface area contributed by atoms with Crippen LogP contribution in [0.5, 0.6) is 0 Å². The molecule has 1 unspecified atom stereocenters.